The normalized spacial score (nSPS) is 29.3. The van der Waals surface area contributed by atoms with Gasteiger partial charge < -0.3 is 19.6 Å². The summed E-state index contributed by atoms with van der Waals surface area (Å²) in [6.07, 6.45) is 5.42. The van der Waals surface area contributed by atoms with Crippen molar-refractivity contribution in [3.8, 4) is 0 Å². The highest BCUT2D eigenvalue weighted by atomic mass is 32.2. The molecule has 4 rings (SSSR count). The largest absolute Gasteiger partial charge is 0.465 e. The van der Waals surface area contributed by atoms with Crippen LogP contribution in [-0.4, -0.2) is 74.0 Å². The Balaban J connectivity index is 1.87. The summed E-state index contributed by atoms with van der Waals surface area (Å²) in [5.41, 5.74) is 0.159. The monoisotopic (exact) mass is 596 g/mol. The van der Waals surface area contributed by atoms with Gasteiger partial charge in [-0.1, -0.05) is 70.2 Å². The van der Waals surface area contributed by atoms with Gasteiger partial charge in [0, 0.05) is 17.3 Å². The topological polar surface area (TPSA) is 87.1 Å². The number of hydrogen-bond acceptors (Lipinski definition) is 6. The quantitative estimate of drug-likeness (QED) is 0.197. The number of aliphatic hydroxyl groups is 1. The highest BCUT2D eigenvalue weighted by Crippen LogP contribution is 2.69. The van der Waals surface area contributed by atoms with Crippen molar-refractivity contribution in [2.75, 3.05) is 19.8 Å². The van der Waals surface area contributed by atoms with E-state index in [1.807, 2.05) is 35.2 Å². The zero-order chi connectivity index (χ0) is 31.0. The van der Waals surface area contributed by atoms with Crippen molar-refractivity contribution in [2.24, 2.45) is 23.2 Å². The number of hydrogen-bond donors (Lipinski definition) is 1. The van der Waals surface area contributed by atoms with Crippen molar-refractivity contribution in [3.63, 3.8) is 0 Å². The highest BCUT2D eigenvalue weighted by molar-refractivity contribution is 8.02. The van der Waals surface area contributed by atoms with Gasteiger partial charge >= 0.3 is 5.97 Å². The van der Waals surface area contributed by atoms with Gasteiger partial charge in [0.2, 0.25) is 11.8 Å². The molecule has 42 heavy (non-hydrogen) atoms. The Morgan fingerprint density at radius 1 is 1.19 bits per heavy atom. The van der Waals surface area contributed by atoms with Gasteiger partial charge in [0.25, 0.3) is 0 Å². The molecule has 3 aliphatic rings. The lowest BCUT2D eigenvalue weighted by Gasteiger charge is -2.47. The summed E-state index contributed by atoms with van der Waals surface area (Å²) in [7, 11) is 0. The second-order valence-corrected chi connectivity index (χ2v) is 15.5. The third-order valence-corrected chi connectivity index (χ3v) is 11.3. The van der Waals surface area contributed by atoms with Crippen LogP contribution < -0.4 is 0 Å². The number of fused-ring (bicyclic) bond motifs is 1. The van der Waals surface area contributed by atoms with Crippen molar-refractivity contribution in [1.29, 1.82) is 0 Å². The third kappa shape index (κ3) is 5.57. The third-order valence-electron chi connectivity index (χ3n) is 9.22. The van der Waals surface area contributed by atoms with Gasteiger partial charge in [0.1, 0.15) is 6.04 Å². The van der Waals surface area contributed by atoms with E-state index in [0.29, 0.717) is 13.0 Å². The van der Waals surface area contributed by atoms with E-state index in [0.717, 1.165) is 18.4 Å². The molecule has 1 aromatic carbocycles. The van der Waals surface area contributed by atoms with Gasteiger partial charge in [-0.05, 0) is 50.0 Å². The molecule has 0 aromatic heterocycles. The first-order valence-electron chi connectivity index (χ1n) is 15.1. The fourth-order valence-corrected chi connectivity index (χ4v) is 10.4. The Morgan fingerprint density at radius 3 is 2.43 bits per heavy atom. The molecule has 2 amide bonds. The number of amides is 2. The maximum atomic E-state index is 15.1. The van der Waals surface area contributed by atoms with Gasteiger partial charge in [-0.2, -0.15) is 0 Å². The van der Waals surface area contributed by atoms with Crippen LogP contribution in [0.5, 0.6) is 0 Å². The minimum Gasteiger partial charge on any atom is -0.465 e. The number of carbonyl (C=O) groups excluding carboxylic acids is 3. The van der Waals surface area contributed by atoms with Gasteiger partial charge in [-0.15, -0.1) is 24.9 Å². The molecule has 3 saturated heterocycles. The molecule has 230 valence electrons. The first-order valence-corrected chi connectivity index (χ1v) is 16.0. The van der Waals surface area contributed by atoms with Crippen molar-refractivity contribution in [2.45, 2.75) is 88.4 Å². The molecule has 0 radical (unpaired) electrons. The average Bonchev–Trinajstić information content (AvgIpc) is 3.50. The second kappa shape index (κ2) is 12.2. The molecule has 0 aliphatic carbocycles. The van der Waals surface area contributed by atoms with Crippen molar-refractivity contribution >= 4 is 29.5 Å². The number of thioether (sulfide) groups is 1. The van der Waals surface area contributed by atoms with E-state index in [1.54, 1.807) is 28.8 Å². The Morgan fingerprint density at radius 2 is 1.86 bits per heavy atom. The minimum absolute atomic E-state index is 0.00375. The molecule has 8 heteroatoms. The Labute approximate surface area is 255 Å². The number of likely N-dealkylation sites (tertiary alicyclic amines) is 1. The molecular formula is C34H48N2O5S. The number of carbonyl (C=O) groups is 3. The van der Waals surface area contributed by atoms with E-state index in [2.05, 4.69) is 54.7 Å². The van der Waals surface area contributed by atoms with Crippen LogP contribution in [0.25, 0.3) is 0 Å². The molecule has 3 heterocycles. The summed E-state index contributed by atoms with van der Waals surface area (Å²) in [6.45, 7) is 20.6. The number of ether oxygens (including phenoxy) is 1. The standard InChI is InChI=1S/C34H48N2O5S/c1-9-11-18-41-31(40)26-25-19-22(3)34(42-25)27(26)29(38)36(24(20-37)23-15-13-12-14-16-23)28(34)30(39)35(17-10-2)33(7,8)21-32(4,5)6/h9-10,12-16,22,24-28,37H,1-2,11,17-21H2,3-8H3/t22?,24-,25-,26+,27+,28?,34?/m1/s1. The molecule has 7 nitrogen and oxygen atoms in total. The summed E-state index contributed by atoms with van der Waals surface area (Å²) < 4.78 is 4.83. The fraction of sp³-hybridized carbons (Fsp3) is 0.618. The van der Waals surface area contributed by atoms with Gasteiger partial charge in [0.05, 0.1) is 35.8 Å². The van der Waals surface area contributed by atoms with Gasteiger partial charge in [-0.25, -0.2) is 0 Å². The maximum Gasteiger partial charge on any atom is 0.310 e. The molecule has 2 bridgehead atoms. The van der Waals surface area contributed by atoms with Crippen LogP contribution in [0.3, 0.4) is 0 Å². The summed E-state index contributed by atoms with van der Waals surface area (Å²) in [5.74, 6) is -2.15. The smallest absolute Gasteiger partial charge is 0.310 e. The summed E-state index contributed by atoms with van der Waals surface area (Å²) in [6, 6.07) is 7.79. The molecular weight excluding hydrogens is 548 g/mol. The lowest BCUT2D eigenvalue weighted by atomic mass is 9.66. The minimum atomic E-state index is -0.859. The van der Waals surface area contributed by atoms with Crippen LogP contribution in [0, 0.1) is 23.2 Å². The highest BCUT2D eigenvalue weighted by Gasteiger charge is 2.77. The summed E-state index contributed by atoms with van der Waals surface area (Å²) in [4.78, 5) is 46.8. The fourth-order valence-electron chi connectivity index (χ4n) is 8.02. The van der Waals surface area contributed by atoms with Gasteiger partial charge in [-0.3, -0.25) is 14.4 Å². The van der Waals surface area contributed by atoms with E-state index in [-0.39, 0.29) is 47.6 Å². The maximum absolute atomic E-state index is 15.1. The van der Waals surface area contributed by atoms with Crippen LogP contribution >= 0.6 is 11.8 Å². The summed E-state index contributed by atoms with van der Waals surface area (Å²) in [5, 5.41) is 10.7. The number of benzene rings is 1. The number of nitrogens with zero attached hydrogens (tertiary/aromatic N) is 2. The van der Waals surface area contributed by atoms with Crippen molar-refractivity contribution in [3.05, 3.63) is 61.2 Å². The van der Waals surface area contributed by atoms with Crippen molar-refractivity contribution < 1.29 is 24.2 Å². The lowest BCUT2D eigenvalue weighted by molar-refractivity contribution is -0.155. The van der Waals surface area contributed by atoms with Crippen LogP contribution in [0.4, 0.5) is 0 Å². The molecule has 3 fully saturated rings. The Kier molecular flexibility index (Phi) is 9.39. The number of esters is 1. The molecule has 3 aliphatic heterocycles. The van der Waals surface area contributed by atoms with E-state index >= 15 is 4.79 Å². The van der Waals surface area contributed by atoms with Crippen LogP contribution in [0.1, 0.15) is 72.4 Å². The predicted molar refractivity (Wildman–Crippen MR) is 168 cm³/mol. The average molecular weight is 597 g/mol. The first-order chi connectivity index (χ1) is 19.7. The zero-order valence-corrected chi connectivity index (χ0v) is 26.9. The van der Waals surface area contributed by atoms with Crippen molar-refractivity contribution in [1.82, 2.24) is 9.80 Å². The second-order valence-electron chi connectivity index (χ2n) is 13.9. The van der Waals surface area contributed by atoms with Crippen LogP contribution in [0.15, 0.2) is 55.6 Å². The van der Waals surface area contributed by atoms with E-state index in [1.165, 1.54) is 0 Å². The van der Waals surface area contributed by atoms with E-state index in [9.17, 15) is 14.7 Å². The Hall–Kier alpha value is -2.58. The summed E-state index contributed by atoms with van der Waals surface area (Å²) >= 11 is 1.62. The molecule has 3 unspecified atom stereocenters. The predicted octanol–water partition coefficient (Wildman–Crippen LogP) is 5.41. The first kappa shape index (κ1) is 32.3. The molecule has 7 atom stereocenters. The molecule has 1 N–H and O–H groups in total. The molecule has 0 saturated carbocycles. The lowest BCUT2D eigenvalue weighted by Crippen LogP contribution is -2.61. The SMILES string of the molecule is C=CCCOC(=O)[C@@H]1[C@H]2C(=O)N([C@H](CO)c3ccccc3)C(C(=O)N(CC=C)C(C)(C)CC(C)(C)C)C23S[C@@H]1CC3C. The van der Waals surface area contributed by atoms with Gasteiger partial charge in [0.15, 0.2) is 0 Å². The van der Waals surface area contributed by atoms with E-state index in [4.69, 9.17) is 4.74 Å². The Bertz CT molecular complexity index is 1190. The van der Waals surface area contributed by atoms with Crippen LogP contribution in [0.2, 0.25) is 0 Å². The number of rotatable bonds is 12. The molecule has 1 aromatic rings. The zero-order valence-electron chi connectivity index (χ0n) is 26.0. The van der Waals surface area contributed by atoms with Crippen LogP contribution in [-0.2, 0) is 19.1 Å². The number of aliphatic hydroxyl groups excluding tert-OH is 1. The molecule has 1 spiro atoms. The van der Waals surface area contributed by atoms with E-state index < -0.39 is 34.2 Å².